The minimum absolute atomic E-state index is 0.224. The maximum absolute atomic E-state index is 8.98. The number of likely N-dealkylation sites (N-methyl/N-ethyl adjacent to an activating group) is 1. The summed E-state index contributed by atoms with van der Waals surface area (Å²) in [5.41, 5.74) is 0. The van der Waals surface area contributed by atoms with Crippen molar-refractivity contribution >= 4 is 0 Å². The van der Waals surface area contributed by atoms with E-state index in [1.165, 1.54) is 0 Å². The van der Waals surface area contributed by atoms with Crippen molar-refractivity contribution in [2.75, 3.05) is 47.0 Å². The van der Waals surface area contributed by atoms with Crippen molar-refractivity contribution in [2.45, 2.75) is 45.7 Å². The molecule has 0 aromatic heterocycles. The van der Waals surface area contributed by atoms with Crippen molar-refractivity contribution in [3.8, 4) is 0 Å². The maximum atomic E-state index is 8.98. The van der Waals surface area contributed by atoms with Gasteiger partial charge >= 0.3 is 0 Å². The summed E-state index contributed by atoms with van der Waals surface area (Å²) in [7, 11) is 4.06. The fourth-order valence-corrected chi connectivity index (χ4v) is 2.14. The molecule has 0 aliphatic rings. The Morgan fingerprint density at radius 3 is 2.17 bits per heavy atom. The van der Waals surface area contributed by atoms with Crippen LogP contribution in [0.15, 0.2) is 0 Å². The van der Waals surface area contributed by atoms with Gasteiger partial charge in [0.2, 0.25) is 0 Å². The molecule has 0 spiro atoms. The fourth-order valence-electron chi connectivity index (χ4n) is 2.14. The van der Waals surface area contributed by atoms with Crippen LogP contribution in [0.1, 0.15) is 33.6 Å². The monoisotopic (exact) mass is 260 g/mol. The molecule has 0 radical (unpaired) electrons. The van der Waals surface area contributed by atoms with E-state index >= 15 is 0 Å². The molecule has 0 amide bonds. The second-order valence-electron chi connectivity index (χ2n) is 5.06. The molecule has 1 N–H and O–H groups in total. The molecule has 0 fully saturated rings. The lowest BCUT2D eigenvalue weighted by atomic mass is 10.2. The maximum Gasteiger partial charge on any atom is 0.0622 e. The quantitative estimate of drug-likeness (QED) is 0.570. The zero-order valence-electron chi connectivity index (χ0n) is 12.9. The molecule has 0 heterocycles. The predicted octanol–water partition coefficient (Wildman–Crippen LogP) is 1.44. The fraction of sp³-hybridized carbons (Fsp3) is 1.00. The van der Waals surface area contributed by atoms with Crippen LogP contribution in [0.5, 0.6) is 0 Å². The number of hydrogen-bond donors (Lipinski definition) is 1. The first kappa shape index (κ1) is 17.8. The lowest BCUT2D eigenvalue weighted by Gasteiger charge is -2.27. The van der Waals surface area contributed by atoms with Gasteiger partial charge in [-0.1, -0.05) is 13.8 Å². The molecule has 2 unspecified atom stereocenters. The molecule has 110 valence electrons. The highest BCUT2D eigenvalue weighted by Gasteiger charge is 2.12. The van der Waals surface area contributed by atoms with Crippen LogP contribution in [0.2, 0.25) is 0 Å². The van der Waals surface area contributed by atoms with E-state index in [2.05, 4.69) is 30.6 Å². The summed E-state index contributed by atoms with van der Waals surface area (Å²) in [6, 6.07) is 0.898. The van der Waals surface area contributed by atoms with Gasteiger partial charge in [-0.05, 0) is 47.0 Å². The molecular formula is C14H32N2O2. The first-order valence-corrected chi connectivity index (χ1v) is 7.15. The molecule has 0 aromatic carbocycles. The highest BCUT2D eigenvalue weighted by molar-refractivity contribution is 4.66. The van der Waals surface area contributed by atoms with Gasteiger partial charge in [-0.15, -0.1) is 0 Å². The van der Waals surface area contributed by atoms with Crippen LogP contribution in [0, 0.1) is 0 Å². The molecule has 4 nitrogen and oxygen atoms in total. The number of hydrogen-bond acceptors (Lipinski definition) is 4. The highest BCUT2D eigenvalue weighted by Crippen LogP contribution is 2.05. The van der Waals surface area contributed by atoms with Gasteiger partial charge in [0.05, 0.1) is 6.61 Å². The third-order valence-electron chi connectivity index (χ3n) is 3.62. The molecule has 0 aliphatic carbocycles. The third kappa shape index (κ3) is 7.31. The van der Waals surface area contributed by atoms with E-state index in [4.69, 9.17) is 9.84 Å². The Morgan fingerprint density at radius 1 is 1.11 bits per heavy atom. The van der Waals surface area contributed by atoms with Crippen LogP contribution in [0.3, 0.4) is 0 Å². The summed E-state index contributed by atoms with van der Waals surface area (Å²) < 4.78 is 5.74. The summed E-state index contributed by atoms with van der Waals surface area (Å²) in [6.45, 7) is 10.6. The SMILES string of the molecule is CCN(CC)C(C)CCOCC(CCO)N(C)C. The van der Waals surface area contributed by atoms with Crippen molar-refractivity contribution in [3.05, 3.63) is 0 Å². The smallest absolute Gasteiger partial charge is 0.0622 e. The molecule has 4 heteroatoms. The van der Waals surface area contributed by atoms with Gasteiger partial charge in [0, 0.05) is 25.3 Å². The summed E-state index contributed by atoms with van der Waals surface area (Å²) in [4.78, 5) is 4.56. The van der Waals surface area contributed by atoms with E-state index in [1.54, 1.807) is 0 Å². The molecule has 0 rings (SSSR count). The average molecular weight is 260 g/mol. The number of ether oxygens (including phenoxy) is 1. The summed E-state index contributed by atoms with van der Waals surface area (Å²) in [5.74, 6) is 0. The third-order valence-corrected chi connectivity index (χ3v) is 3.62. The lowest BCUT2D eigenvalue weighted by Crippen LogP contribution is -2.35. The molecule has 0 aliphatic heterocycles. The van der Waals surface area contributed by atoms with Crippen molar-refractivity contribution in [2.24, 2.45) is 0 Å². The Hall–Kier alpha value is -0.160. The van der Waals surface area contributed by atoms with Crippen LogP contribution < -0.4 is 0 Å². The largest absolute Gasteiger partial charge is 0.396 e. The zero-order valence-corrected chi connectivity index (χ0v) is 12.9. The Labute approximate surface area is 113 Å². The minimum atomic E-state index is 0.224. The second kappa shape index (κ2) is 10.7. The van der Waals surface area contributed by atoms with E-state index in [9.17, 15) is 0 Å². The number of rotatable bonds is 11. The Kier molecular flexibility index (Phi) is 10.6. The van der Waals surface area contributed by atoms with E-state index in [-0.39, 0.29) is 6.61 Å². The van der Waals surface area contributed by atoms with E-state index in [0.29, 0.717) is 18.7 Å². The number of nitrogens with zero attached hydrogens (tertiary/aromatic N) is 2. The standard InChI is InChI=1S/C14H32N2O2/c1-6-16(7-2)13(3)9-11-18-12-14(8-10-17)15(4)5/h13-14,17H,6-12H2,1-5H3. The minimum Gasteiger partial charge on any atom is -0.396 e. The molecule has 2 atom stereocenters. The average Bonchev–Trinajstić information content (AvgIpc) is 2.34. The Morgan fingerprint density at radius 2 is 1.72 bits per heavy atom. The zero-order chi connectivity index (χ0) is 14.0. The second-order valence-corrected chi connectivity index (χ2v) is 5.06. The van der Waals surface area contributed by atoms with E-state index in [1.807, 2.05) is 14.1 Å². The van der Waals surface area contributed by atoms with E-state index in [0.717, 1.165) is 32.5 Å². The van der Waals surface area contributed by atoms with Gasteiger partial charge < -0.3 is 19.6 Å². The Bertz CT molecular complexity index is 185. The topological polar surface area (TPSA) is 35.9 Å². The highest BCUT2D eigenvalue weighted by atomic mass is 16.5. The summed E-state index contributed by atoms with van der Waals surface area (Å²) in [6.07, 6.45) is 1.85. The number of aliphatic hydroxyl groups is 1. The van der Waals surface area contributed by atoms with Crippen molar-refractivity contribution in [1.29, 1.82) is 0 Å². The van der Waals surface area contributed by atoms with Gasteiger partial charge in [-0.3, -0.25) is 0 Å². The van der Waals surface area contributed by atoms with Crippen LogP contribution in [0.25, 0.3) is 0 Å². The number of aliphatic hydroxyl groups excluding tert-OH is 1. The molecule has 0 saturated heterocycles. The van der Waals surface area contributed by atoms with Crippen LogP contribution in [0.4, 0.5) is 0 Å². The van der Waals surface area contributed by atoms with Gasteiger partial charge in [0.15, 0.2) is 0 Å². The van der Waals surface area contributed by atoms with E-state index < -0.39 is 0 Å². The van der Waals surface area contributed by atoms with Crippen LogP contribution >= 0.6 is 0 Å². The normalized spacial score (nSPS) is 15.3. The van der Waals surface area contributed by atoms with Gasteiger partial charge in [-0.2, -0.15) is 0 Å². The molecule has 0 bridgehead atoms. The Balaban J connectivity index is 3.76. The van der Waals surface area contributed by atoms with Gasteiger partial charge in [0.1, 0.15) is 0 Å². The van der Waals surface area contributed by atoms with Crippen molar-refractivity contribution < 1.29 is 9.84 Å². The van der Waals surface area contributed by atoms with Gasteiger partial charge in [0.25, 0.3) is 0 Å². The first-order valence-electron chi connectivity index (χ1n) is 7.15. The van der Waals surface area contributed by atoms with Gasteiger partial charge in [-0.25, -0.2) is 0 Å². The van der Waals surface area contributed by atoms with Crippen molar-refractivity contribution in [1.82, 2.24) is 9.80 Å². The van der Waals surface area contributed by atoms with Crippen LogP contribution in [-0.4, -0.2) is 74.0 Å². The van der Waals surface area contributed by atoms with Crippen LogP contribution in [-0.2, 0) is 4.74 Å². The summed E-state index contributed by atoms with van der Waals surface area (Å²) in [5, 5.41) is 8.98. The predicted molar refractivity (Wildman–Crippen MR) is 77.0 cm³/mol. The lowest BCUT2D eigenvalue weighted by molar-refractivity contribution is 0.0550. The molecular weight excluding hydrogens is 228 g/mol. The summed E-state index contributed by atoms with van der Waals surface area (Å²) >= 11 is 0. The van der Waals surface area contributed by atoms with Crippen molar-refractivity contribution in [3.63, 3.8) is 0 Å². The molecule has 0 aromatic rings. The molecule has 0 saturated carbocycles. The molecule has 18 heavy (non-hydrogen) atoms. The first-order chi connectivity index (χ1) is 8.56.